The molecule has 0 aliphatic rings. The van der Waals surface area contributed by atoms with E-state index in [-0.39, 0.29) is 0 Å². The van der Waals surface area contributed by atoms with Crippen LogP contribution in [0.3, 0.4) is 0 Å². The third-order valence-corrected chi connectivity index (χ3v) is 3.16. The van der Waals surface area contributed by atoms with Crippen LogP contribution in [0.25, 0.3) is 11.3 Å². The minimum atomic E-state index is 0.477. The molecular weight excluding hydrogens is 300 g/mol. The molecule has 0 saturated carbocycles. The van der Waals surface area contributed by atoms with Crippen LogP contribution in [0.1, 0.15) is 10.4 Å². The molecule has 0 aliphatic carbocycles. The lowest BCUT2D eigenvalue weighted by atomic mass is 10.1. The highest BCUT2D eigenvalue weighted by Gasteiger charge is 2.15. The molecule has 0 saturated heterocycles. The summed E-state index contributed by atoms with van der Waals surface area (Å²) >= 11 is 3.40. The van der Waals surface area contributed by atoms with Crippen molar-refractivity contribution in [2.45, 2.75) is 0 Å². The van der Waals surface area contributed by atoms with Gasteiger partial charge in [-0.3, -0.25) is 9.89 Å². The molecule has 2 rings (SSSR count). The Morgan fingerprint density at radius 3 is 2.61 bits per heavy atom. The summed E-state index contributed by atoms with van der Waals surface area (Å²) in [5.41, 5.74) is 1.83. The van der Waals surface area contributed by atoms with E-state index in [0.29, 0.717) is 22.8 Å². The maximum absolute atomic E-state index is 10.9. The minimum absolute atomic E-state index is 0.477. The molecule has 6 heteroatoms. The van der Waals surface area contributed by atoms with Crippen LogP contribution in [0.4, 0.5) is 0 Å². The largest absolute Gasteiger partial charge is 0.496 e. The van der Waals surface area contributed by atoms with Crippen molar-refractivity contribution in [1.82, 2.24) is 10.2 Å². The first kappa shape index (κ1) is 12.6. The molecule has 18 heavy (non-hydrogen) atoms. The summed E-state index contributed by atoms with van der Waals surface area (Å²) in [5, 5.41) is 6.65. The Kier molecular flexibility index (Phi) is 3.66. The number of aldehydes is 1. The van der Waals surface area contributed by atoms with Crippen molar-refractivity contribution < 1.29 is 14.3 Å². The van der Waals surface area contributed by atoms with Crippen molar-refractivity contribution in [2.75, 3.05) is 14.2 Å². The summed E-state index contributed by atoms with van der Waals surface area (Å²) in [6, 6.07) is 3.56. The highest BCUT2D eigenvalue weighted by atomic mass is 79.9. The molecule has 1 aromatic heterocycles. The third-order valence-electron chi connectivity index (χ3n) is 2.54. The molecule has 0 radical (unpaired) electrons. The molecule has 2 aromatic rings. The predicted molar refractivity (Wildman–Crippen MR) is 70.2 cm³/mol. The zero-order chi connectivity index (χ0) is 13.1. The van der Waals surface area contributed by atoms with E-state index in [1.54, 1.807) is 20.3 Å². The number of hydrogen-bond donors (Lipinski definition) is 1. The smallest absolute Gasteiger partial charge is 0.153 e. The fourth-order valence-electron chi connectivity index (χ4n) is 1.66. The Balaban J connectivity index is 2.63. The highest BCUT2D eigenvalue weighted by Crippen LogP contribution is 2.38. The van der Waals surface area contributed by atoms with Crippen LogP contribution in [-0.2, 0) is 0 Å². The molecule has 5 nitrogen and oxygen atoms in total. The standard InChI is InChI=1S/C12H11BrN2O3/c1-17-10-4-11(18-2)9(13)3-8(10)12-7(6-16)5-14-15-12/h3-6H,1-2H3,(H,14,15). The number of halogens is 1. The van der Waals surface area contributed by atoms with E-state index in [2.05, 4.69) is 26.1 Å². The van der Waals surface area contributed by atoms with Gasteiger partial charge >= 0.3 is 0 Å². The molecule has 0 unspecified atom stereocenters. The number of nitrogens with one attached hydrogen (secondary N) is 1. The molecule has 0 spiro atoms. The molecule has 0 atom stereocenters. The lowest BCUT2D eigenvalue weighted by molar-refractivity contribution is 0.112. The Hall–Kier alpha value is -1.82. The second-order valence-electron chi connectivity index (χ2n) is 3.51. The average molecular weight is 311 g/mol. The van der Waals surface area contributed by atoms with Gasteiger partial charge in [0, 0.05) is 11.6 Å². The number of rotatable bonds is 4. The van der Waals surface area contributed by atoms with Gasteiger partial charge in [0.25, 0.3) is 0 Å². The van der Waals surface area contributed by atoms with Crippen molar-refractivity contribution in [3.05, 3.63) is 28.4 Å². The van der Waals surface area contributed by atoms with Gasteiger partial charge in [0.1, 0.15) is 11.5 Å². The first-order valence-electron chi connectivity index (χ1n) is 5.11. The predicted octanol–water partition coefficient (Wildman–Crippen LogP) is 2.67. The molecular formula is C12H11BrN2O3. The van der Waals surface area contributed by atoms with Gasteiger partial charge in [-0.25, -0.2) is 0 Å². The van der Waals surface area contributed by atoms with Crippen molar-refractivity contribution in [3.63, 3.8) is 0 Å². The molecule has 1 heterocycles. The molecule has 0 amide bonds. The summed E-state index contributed by atoms with van der Waals surface area (Å²) in [6.45, 7) is 0. The maximum atomic E-state index is 10.9. The molecule has 94 valence electrons. The Morgan fingerprint density at radius 1 is 1.28 bits per heavy atom. The fourth-order valence-corrected chi connectivity index (χ4v) is 2.16. The van der Waals surface area contributed by atoms with Crippen LogP contribution >= 0.6 is 15.9 Å². The summed E-state index contributed by atoms with van der Waals surface area (Å²) < 4.78 is 11.3. The number of ether oxygens (including phenoxy) is 2. The molecule has 1 aromatic carbocycles. The van der Waals surface area contributed by atoms with Crippen LogP contribution in [0, 0.1) is 0 Å². The Bertz CT molecular complexity index is 581. The molecule has 0 aliphatic heterocycles. The topological polar surface area (TPSA) is 64.2 Å². The van der Waals surface area contributed by atoms with Gasteiger partial charge < -0.3 is 9.47 Å². The minimum Gasteiger partial charge on any atom is -0.496 e. The second kappa shape index (κ2) is 5.22. The number of H-pyrrole nitrogens is 1. The molecule has 0 fully saturated rings. The monoisotopic (exact) mass is 310 g/mol. The average Bonchev–Trinajstić information content (AvgIpc) is 2.86. The van der Waals surface area contributed by atoms with Crippen molar-refractivity contribution in [3.8, 4) is 22.8 Å². The normalized spacial score (nSPS) is 10.2. The SMILES string of the molecule is COc1cc(OC)c(-c2[nH]ncc2C=O)cc1Br. The van der Waals surface area contributed by atoms with Gasteiger partial charge in [0.15, 0.2) is 6.29 Å². The van der Waals surface area contributed by atoms with Crippen LogP contribution in [0.5, 0.6) is 11.5 Å². The van der Waals surface area contributed by atoms with Crippen molar-refractivity contribution in [2.24, 2.45) is 0 Å². The first-order valence-corrected chi connectivity index (χ1v) is 5.91. The van der Waals surface area contributed by atoms with E-state index >= 15 is 0 Å². The Labute approximate surface area is 112 Å². The van der Waals surface area contributed by atoms with Gasteiger partial charge in [-0.15, -0.1) is 0 Å². The number of carbonyl (C=O) groups is 1. The number of benzene rings is 1. The third kappa shape index (κ3) is 2.11. The van der Waals surface area contributed by atoms with Gasteiger partial charge in [-0.1, -0.05) is 0 Å². The van der Waals surface area contributed by atoms with Crippen LogP contribution in [0.2, 0.25) is 0 Å². The van der Waals surface area contributed by atoms with Crippen molar-refractivity contribution in [1.29, 1.82) is 0 Å². The number of methoxy groups -OCH3 is 2. The van der Waals surface area contributed by atoms with E-state index in [0.717, 1.165) is 16.3 Å². The zero-order valence-electron chi connectivity index (χ0n) is 9.86. The number of hydrogen-bond acceptors (Lipinski definition) is 4. The number of aromatic amines is 1. The van der Waals surface area contributed by atoms with Gasteiger partial charge in [0.05, 0.1) is 36.1 Å². The Morgan fingerprint density at radius 2 is 2.00 bits per heavy atom. The second-order valence-corrected chi connectivity index (χ2v) is 4.36. The fraction of sp³-hybridized carbons (Fsp3) is 0.167. The van der Waals surface area contributed by atoms with E-state index in [1.807, 2.05) is 6.07 Å². The van der Waals surface area contributed by atoms with Crippen LogP contribution in [0.15, 0.2) is 22.8 Å². The van der Waals surface area contributed by atoms with E-state index in [4.69, 9.17) is 9.47 Å². The molecule has 1 N–H and O–H groups in total. The van der Waals surface area contributed by atoms with E-state index < -0.39 is 0 Å². The first-order chi connectivity index (χ1) is 8.71. The van der Waals surface area contributed by atoms with Crippen molar-refractivity contribution >= 4 is 22.2 Å². The lowest BCUT2D eigenvalue weighted by Crippen LogP contribution is -1.93. The van der Waals surface area contributed by atoms with Gasteiger partial charge in [-0.05, 0) is 22.0 Å². The highest BCUT2D eigenvalue weighted by molar-refractivity contribution is 9.10. The quantitative estimate of drug-likeness (QED) is 0.882. The number of aromatic nitrogens is 2. The van der Waals surface area contributed by atoms with Gasteiger partial charge in [-0.2, -0.15) is 5.10 Å². The van der Waals surface area contributed by atoms with E-state index in [1.165, 1.54) is 6.20 Å². The summed E-state index contributed by atoms with van der Waals surface area (Å²) in [7, 11) is 3.13. The zero-order valence-corrected chi connectivity index (χ0v) is 11.4. The maximum Gasteiger partial charge on any atom is 0.153 e. The summed E-state index contributed by atoms with van der Waals surface area (Å²) in [5.74, 6) is 1.25. The number of carbonyl (C=O) groups excluding carboxylic acids is 1. The summed E-state index contributed by atoms with van der Waals surface area (Å²) in [6.07, 6.45) is 2.22. The molecule has 0 bridgehead atoms. The summed E-state index contributed by atoms with van der Waals surface area (Å²) in [4.78, 5) is 10.9. The van der Waals surface area contributed by atoms with Gasteiger partial charge in [0.2, 0.25) is 0 Å². The lowest BCUT2D eigenvalue weighted by Gasteiger charge is -2.11. The van der Waals surface area contributed by atoms with Crippen LogP contribution < -0.4 is 9.47 Å². The van der Waals surface area contributed by atoms with E-state index in [9.17, 15) is 4.79 Å². The van der Waals surface area contributed by atoms with Crippen LogP contribution in [-0.4, -0.2) is 30.7 Å². The number of nitrogens with zero attached hydrogens (tertiary/aromatic N) is 1.